The molecule has 0 radical (unpaired) electrons. The number of likely N-dealkylation sites (N-methyl/N-ethyl adjacent to an activating group) is 1. The van der Waals surface area contributed by atoms with Crippen molar-refractivity contribution >= 4 is 0 Å². The molecule has 19 heavy (non-hydrogen) atoms. The van der Waals surface area contributed by atoms with Gasteiger partial charge in [0.1, 0.15) is 0 Å². The summed E-state index contributed by atoms with van der Waals surface area (Å²) in [5.74, 6) is 2.62. The Morgan fingerprint density at radius 3 is 2.37 bits per heavy atom. The lowest BCUT2D eigenvalue weighted by molar-refractivity contribution is 0.191. The number of nitrogens with zero attached hydrogens (tertiary/aromatic N) is 1. The van der Waals surface area contributed by atoms with Gasteiger partial charge >= 0.3 is 0 Å². The SMILES string of the molecule is CNC(Cc1ccccn1)C1CCC(C(C)C)CC1. The Morgan fingerprint density at radius 2 is 1.84 bits per heavy atom. The van der Waals surface area contributed by atoms with Crippen molar-refractivity contribution in [2.75, 3.05) is 7.05 Å². The van der Waals surface area contributed by atoms with Crippen molar-refractivity contribution in [1.29, 1.82) is 0 Å². The topological polar surface area (TPSA) is 24.9 Å². The Morgan fingerprint density at radius 1 is 1.16 bits per heavy atom. The highest BCUT2D eigenvalue weighted by Crippen LogP contribution is 2.35. The van der Waals surface area contributed by atoms with Gasteiger partial charge < -0.3 is 5.32 Å². The van der Waals surface area contributed by atoms with E-state index in [4.69, 9.17) is 0 Å². The predicted molar refractivity (Wildman–Crippen MR) is 81.1 cm³/mol. The summed E-state index contributed by atoms with van der Waals surface area (Å²) in [4.78, 5) is 4.46. The van der Waals surface area contributed by atoms with Crippen LogP contribution in [0, 0.1) is 17.8 Å². The van der Waals surface area contributed by atoms with Crippen molar-refractivity contribution in [2.24, 2.45) is 17.8 Å². The summed E-state index contributed by atoms with van der Waals surface area (Å²) in [5, 5.41) is 3.52. The Bertz CT molecular complexity index is 353. The van der Waals surface area contributed by atoms with Crippen LogP contribution >= 0.6 is 0 Å². The van der Waals surface area contributed by atoms with E-state index in [0.717, 1.165) is 24.2 Å². The zero-order valence-corrected chi connectivity index (χ0v) is 12.6. The molecule has 2 rings (SSSR count). The maximum absolute atomic E-state index is 4.46. The van der Waals surface area contributed by atoms with Gasteiger partial charge in [0.05, 0.1) is 0 Å². The molecule has 1 unspecified atom stereocenters. The van der Waals surface area contributed by atoms with E-state index in [1.54, 1.807) is 0 Å². The van der Waals surface area contributed by atoms with Crippen LogP contribution in [0.25, 0.3) is 0 Å². The molecule has 2 heteroatoms. The molecule has 1 aliphatic rings. The number of nitrogens with one attached hydrogen (secondary N) is 1. The molecular formula is C17H28N2. The van der Waals surface area contributed by atoms with Gasteiger partial charge in [-0.15, -0.1) is 0 Å². The third-order valence-electron chi connectivity index (χ3n) is 4.85. The molecule has 0 saturated heterocycles. The van der Waals surface area contributed by atoms with Crippen LogP contribution in [0.3, 0.4) is 0 Å². The maximum atomic E-state index is 4.46. The molecule has 1 aromatic heterocycles. The second-order valence-electron chi connectivity index (χ2n) is 6.34. The first-order chi connectivity index (χ1) is 9.20. The molecule has 1 fully saturated rings. The monoisotopic (exact) mass is 260 g/mol. The van der Waals surface area contributed by atoms with Crippen molar-refractivity contribution in [3.63, 3.8) is 0 Å². The highest BCUT2D eigenvalue weighted by Gasteiger charge is 2.28. The average Bonchev–Trinajstić information content (AvgIpc) is 2.46. The van der Waals surface area contributed by atoms with Gasteiger partial charge in [-0.1, -0.05) is 19.9 Å². The highest BCUT2D eigenvalue weighted by molar-refractivity contribution is 5.06. The van der Waals surface area contributed by atoms with Crippen molar-refractivity contribution in [1.82, 2.24) is 10.3 Å². The molecule has 1 atom stereocenters. The van der Waals surface area contributed by atoms with Crippen molar-refractivity contribution in [3.8, 4) is 0 Å². The van der Waals surface area contributed by atoms with E-state index in [1.807, 2.05) is 12.3 Å². The van der Waals surface area contributed by atoms with E-state index in [1.165, 1.54) is 31.4 Å². The molecule has 2 nitrogen and oxygen atoms in total. The van der Waals surface area contributed by atoms with Crippen LogP contribution in [-0.4, -0.2) is 18.1 Å². The number of aromatic nitrogens is 1. The van der Waals surface area contributed by atoms with Gasteiger partial charge in [0.15, 0.2) is 0 Å². The lowest BCUT2D eigenvalue weighted by atomic mass is 9.74. The number of rotatable bonds is 5. The Hall–Kier alpha value is -0.890. The number of hydrogen-bond donors (Lipinski definition) is 1. The molecule has 0 aromatic carbocycles. The Kier molecular flexibility index (Phi) is 5.38. The Balaban J connectivity index is 1.89. The summed E-state index contributed by atoms with van der Waals surface area (Å²) in [6.07, 6.45) is 8.53. The lowest BCUT2D eigenvalue weighted by Gasteiger charge is -2.35. The van der Waals surface area contributed by atoms with E-state index in [2.05, 4.69) is 43.3 Å². The second-order valence-corrected chi connectivity index (χ2v) is 6.34. The first kappa shape index (κ1) is 14.5. The maximum Gasteiger partial charge on any atom is 0.0419 e. The van der Waals surface area contributed by atoms with Gasteiger partial charge in [-0.25, -0.2) is 0 Å². The van der Waals surface area contributed by atoms with Crippen LogP contribution in [0.2, 0.25) is 0 Å². The van der Waals surface area contributed by atoms with Crippen LogP contribution < -0.4 is 5.32 Å². The Labute approximate surface area is 118 Å². The minimum absolute atomic E-state index is 0.586. The molecule has 0 bridgehead atoms. The summed E-state index contributed by atoms with van der Waals surface area (Å²) in [6.45, 7) is 4.74. The van der Waals surface area contributed by atoms with E-state index < -0.39 is 0 Å². The summed E-state index contributed by atoms with van der Waals surface area (Å²) in [6, 6.07) is 6.81. The molecule has 1 aromatic rings. The quantitative estimate of drug-likeness (QED) is 0.873. The zero-order valence-electron chi connectivity index (χ0n) is 12.6. The fourth-order valence-electron chi connectivity index (χ4n) is 3.46. The van der Waals surface area contributed by atoms with E-state index >= 15 is 0 Å². The van der Waals surface area contributed by atoms with Gasteiger partial charge in [-0.3, -0.25) is 4.98 Å². The fraction of sp³-hybridized carbons (Fsp3) is 0.706. The van der Waals surface area contributed by atoms with Crippen LogP contribution in [-0.2, 0) is 6.42 Å². The molecule has 0 aliphatic heterocycles. The largest absolute Gasteiger partial charge is 0.316 e. The standard InChI is InChI=1S/C17H28N2/c1-13(2)14-7-9-15(10-8-14)17(18-3)12-16-6-4-5-11-19-16/h4-6,11,13-15,17-18H,7-10,12H2,1-3H3. The molecule has 1 heterocycles. The molecule has 0 spiro atoms. The number of pyridine rings is 1. The van der Waals surface area contributed by atoms with Crippen LogP contribution in [0.5, 0.6) is 0 Å². The van der Waals surface area contributed by atoms with Gasteiger partial charge in [0.25, 0.3) is 0 Å². The summed E-state index contributed by atoms with van der Waals surface area (Å²) in [5.41, 5.74) is 1.22. The van der Waals surface area contributed by atoms with E-state index in [9.17, 15) is 0 Å². The molecular weight excluding hydrogens is 232 g/mol. The van der Waals surface area contributed by atoms with E-state index in [-0.39, 0.29) is 0 Å². The van der Waals surface area contributed by atoms with Gasteiger partial charge in [0.2, 0.25) is 0 Å². The van der Waals surface area contributed by atoms with Crippen molar-refractivity contribution in [2.45, 2.75) is 52.0 Å². The second kappa shape index (κ2) is 7.04. The van der Waals surface area contributed by atoms with Crippen LogP contribution in [0.1, 0.15) is 45.2 Å². The molecule has 1 N–H and O–H groups in total. The lowest BCUT2D eigenvalue weighted by Crippen LogP contribution is -2.38. The average molecular weight is 260 g/mol. The third-order valence-corrected chi connectivity index (χ3v) is 4.85. The zero-order chi connectivity index (χ0) is 13.7. The van der Waals surface area contributed by atoms with Gasteiger partial charge in [-0.05, 0) is 62.6 Å². The first-order valence-corrected chi connectivity index (χ1v) is 7.78. The summed E-state index contributed by atoms with van der Waals surface area (Å²) >= 11 is 0. The minimum atomic E-state index is 0.586. The van der Waals surface area contributed by atoms with E-state index in [0.29, 0.717) is 6.04 Å². The normalized spacial score (nSPS) is 25.5. The number of hydrogen-bond acceptors (Lipinski definition) is 2. The van der Waals surface area contributed by atoms with Crippen molar-refractivity contribution < 1.29 is 0 Å². The first-order valence-electron chi connectivity index (χ1n) is 7.78. The van der Waals surface area contributed by atoms with Crippen molar-refractivity contribution in [3.05, 3.63) is 30.1 Å². The summed E-state index contributed by atoms with van der Waals surface area (Å²) in [7, 11) is 2.10. The smallest absolute Gasteiger partial charge is 0.0419 e. The molecule has 106 valence electrons. The predicted octanol–water partition coefficient (Wildman–Crippen LogP) is 3.67. The minimum Gasteiger partial charge on any atom is -0.316 e. The third kappa shape index (κ3) is 4.04. The molecule has 0 amide bonds. The fourth-order valence-corrected chi connectivity index (χ4v) is 3.46. The van der Waals surface area contributed by atoms with Gasteiger partial charge in [-0.2, -0.15) is 0 Å². The van der Waals surface area contributed by atoms with Crippen LogP contribution in [0.15, 0.2) is 24.4 Å². The van der Waals surface area contributed by atoms with Gasteiger partial charge in [0, 0.05) is 24.4 Å². The molecule has 1 aliphatic carbocycles. The molecule has 1 saturated carbocycles. The summed E-state index contributed by atoms with van der Waals surface area (Å²) < 4.78 is 0. The van der Waals surface area contributed by atoms with Crippen LogP contribution in [0.4, 0.5) is 0 Å². The highest BCUT2D eigenvalue weighted by atomic mass is 14.9.